The van der Waals surface area contributed by atoms with Crippen LogP contribution in [-0.2, 0) is 17.8 Å². The summed E-state index contributed by atoms with van der Waals surface area (Å²) in [4.78, 5) is 45.9. The van der Waals surface area contributed by atoms with Crippen molar-refractivity contribution in [1.82, 2.24) is 19.4 Å². The van der Waals surface area contributed by atoms with Gasteiger partial charge in [0.1, 0.15) is 0 Å². The molecule has 2 atom stereocenters. The van der Waals surface area contributed by atoms with E-state index in [1.807, 2.05) is 15.5 Å². The molecule has 0 unspecified atom stereocenters. The van der Waals surface area contributed by atoms with Crippen LogP contribution in [0.15, 0.2) is 32.9 Å². The van der Waals surface area contributed by atoms with Gasteiger partial charge in [0.25, 0.3) is 11.1 Å². The fourth-order valence-electron chi connectivity index (χ4n) is 4.63. The predicted octanol–water partition coefficient (Wildman–Crippen LogP) is 2.11. The van der Waals surface area contributed by atoms with E-state index < -0.39 is 0 Å². The molecule has 4 heterocycles. The number of piperidine rings is 1. The number of likely N-dealkylation sites (tertiary alicyclic amines) is 1. The number of pyridine rings is 1. The molecular formula is C22H28N4O4S. The molecule has 2 aliphatic rings. The Morgan fingerprint density at radius 2 is 2.10 bits per heavy atom. The summed E-state index contributed by atoms with van der Waals surface area (Å²) in [5, 5.41) is 10.4. The SMILES string of the molecule is CCCCCc1c(O)nc(SCC(=O)N2C[C@H]3C[C@H](C2)c2cccc(=O)n2C3)[nH]c1=O. The van der Waals surface area contributed by atoms with Gasteiger partial charge in [-0.05, 0) is 31.2 Å². The van der Waals surface area contributed by atoms with E-state index in [9.17, 15) is 19.5 Å². The first-order chi connectivity index (χ1) is 15.0. The van der Waals surface area contributed by atoms with Crippen LogP contribution in [0, 0.1) is 5.92 Å². The highest BCUT2D eigenvalue weighted by Crippen LogP contribution is 2.35. The molecule has 1 fully saturated rings. The van der Waals surface area contributed by atoms with Crippen molar-refractivity contribution in [2.75, 3.05) is 18.8 Å². The van der Waals surface area contributed by atoms with E-state index in [0.29, 0.717) is 31.6 Å². The first-order valence-electron chi connectivity index (χ1n) is 10.9. The molecule has 0 radical (unpaired) electrons. The van der Waals surface area contributed by atoms with Crippen LogP contribution < -0.4 is 11.1 Å². The van der Waals surface area contributed by atoms with Crippen LogP contribution in [0.1, 0.15) is 49.8 Å². The molecule has 2 bridgehead atoms. The number of aromatic hydroxyl groups is 1. The molecule has 9 heteroatoms. The summed E-state index contributed by atoms with van der Waals surface area (Å²) in [6.45, 7) is 3.94. The number of hydrogen-bond donors (Lipinski definition) is 2. The highest BCUT2D eigenvalue weighted by atomic mass is 32.2. The predicted molar refractivity (Wildman–Crippen MR) is 119 cm³/mol. The lowest BCUT2D eigenvalue weighted by Gasteiger charge is -2.42. The van der Waals surface area contributed by atoms with E-state index in [4.69, 9.17) is 0 Å². The molecule has 8 nitrogen and oxygen atoms in total. The Hall–Kier alpha value is -2.55. The third-order valence-corrected chi connectivity index (χ3v) is 7.03. The van der Waals surface area contributed by atoms with Crippen LogP contribution in [0.25, 0.3) is 0 Å². The Morgan fingerprint density at radius 3 is 2.87 bits per heavy atom. The van der Waals surface area contributed by atoms with Crippen molar-refractivity contribution in [1.29, 1.82) is 0 Å². The molecule has 0 aromatic carbocycles. The van der Waals surface area contributed by atoms with Crippen LogP contribution in [0.3, 0.4) is 0 Å². The maximum Gasteiger partial charge on any atom is 0.258 e. The smallest absolute Gasteiger partial charge is 0.258 e. The zero-order valence-electron chi connectivity index (χ0n) is 17.7. The van der Waals surface area contributed by atoms with E-state index in [0.717, 1.165) is 43.1 Å². The van der Waals surface area contributed by atoms with Gasteiger partial charge in [-0.1, -0.05) is 37.6 Å². The van der Waals surface area contributed by atoms with Gasteiger partial charge in [0, 0.05) is 37.3 Å². The average molecular weight is 445 g/mol. The van der Waals surface area contributed by atoms with E-state index in [2.05, 4.69) is 16.9 Å². The Labute approximate surface area is 184 Å². The number of H-pyrrole nitrogens is 1. The molecule has 2 aromatic heterocycles. The molecule has 2 aliphatic heterocycles. The molecule has 1 amide bonds. The van der Waals surface area contributed by atoms with Gasteiger partial charge in [-0.25, -0.2) is 0 Å². The third-order valence-electron chi connectivity index (χ3n) is 6.17. The monoisotopic (exact) mass is 444 g/mol. The number of aromatic nitrogens is 3. The summed E-state index contributed by atoms with van der Waals surface area (Å²) < 4.78 is 1.84. The van der Waals surface area contributed by atoms with Gasteiger partial charge in [0.05, 0.1) is 11.3 Å². The van der Waals surface area contributed by atoms with Crippen molar-refractivity contribution in [3.8, 4) is 5.88 Å². The molecule has 1 saturated heterocycles. The standard InChI is InChI=1S/C22H28N4O4S/c1-2-3-4-6-16-20(29)23-22(24-21(16)30)31-13-19(28)25-10-14-9-15(12-25)17-7-5-8-18(27)26(17)11-14/h5,7-8,14-15H,2-4,6,9-13H2,1H3,(H2,23,24,29,30)/t14-,15-/m1/s1. The highest BCUT2D eigenvalue weighted by molar-refractivity contribution is 7.99. The molecular weight excluding hydrogens is 416 g/mol. The molecule has 2 aromatic rings. The van der Waals surface area contributed by atoms with Crippen LogP contribution in [0.5, 0.6) is 5.88 Å². The van der Waals surface area contributed by atoms with E-state index in [-0.39, 0.29) is 45.7 Å². The Morgan fingerprint density at radius 1 is 1.26 bits per heavy atom. The minimum atomic E-state index is -0.340. The minimum Gasteiger partial charge on any atom is -0.493 e. The first-order valence-corrected chi connectivity index (χ1v) is 11.9. The van der Waals surface area contributed by atoms with Crippen molar-refractivity contribution in [3.05, 3.63) is 50.2 Å². The van der Waals surface area contributed by atoms with Gasteiger partial charge in [0.15, 0.2) is 5.16 Å². The second-order valence-corrected chi connectivity index (χ2v) is 9.38. The van der Waals surface area contributed by atoms with Crippen LogP contribution in [0.4, 0.5) is 0 Å². The summed E-state index contributed by atoms with van der Waals surface area (Å²) >= 11 is 1.13. The van der Waals surface area contributed by atoms with Crippen molar-refractivity contribution >= 4 is 17.7 Å². The topological polar surface area (TPSA) is 108 Å². The highest BCUT2D eigenvalue weighted by Gasteiger charge is 2.36. The second kappa shape index (κ2) is 9.30. The zero-order valence-corrected chi connectivity index (χ0v) is 18.5. The number of carbonyl (C=O) groups excluding carboxylic acids is 1. The summed E-state index contributed by atoms with van der Waals surface area (Å²) in [5.41, 5.74) is 0.994. The maximum absolute atomic E-state index is 12.8. The quantitative estimate of drug-likeness (QED) is 0.385. The number of nitrogens with one attached hydrogen (secondary N) is 1. The summed E-state index contributed by atoms with van der Waals surface area (Å²) in [6.07, 6.45) is 4.32. The lowest BCUT2D eigenvalue weighted by molar-refractivity contribution is -0.131. The number of rotatable bonds is 7. The van der Waals surface area contributed by atoms with E-state index in [1.165, 1.54) is 0 Å². The molecule has 2 N–H and O–H groups in total. The van der Waals surface area contributed by atoms with Crippen molar-refractivity contribution in [2.45, 2.75) is 56.6 Å². The van der Waals surface area contributed by atoms with Gasteiger partial charge in [-0.15, -0.1) is 0 Å². The van der Waals surface area contributed by atoms with Crippen LogP contribution in [0.2, 0.25) is 0 Å². The zero-order chi connectivity index (χ0) is 22.0. The molecule has 4 rings (SSSR count). The molecule has 0 spiro atoms. The van der Waals surface area contributed by atoms with Gasteiger partial charge in [-0.2, -0.15) is 4.98 Å². The van der Waals surface area contributed by atoms with Crippen LogP contribution >= 0.6 is 11.8 Å². The van der Waals surface area contributed by atoms with Gasteiger partial charge in [-0.3, -0.25) is 14.4 Å². The van der Waals surface area contributed by atoms with Crippen LogP contribution in [-0.4, -0.2) is 49.3 Å². The fraction of sp³-hybridized carbons (Fsp3) is 0.545. The van der Waals surface area contributed by atoms with Gasteiger partial charge in [0.2, 0.25) is 11.8 Å². The molecule has 166 valence electrons. The number of fused-ring (bicyclic) bond motifs is 4. The molecule has 0 aliphatic carbocycles. The molecule has 31 heavy (non-hydrogen) atoms. The Balaban J connectivity index is 1.39. The Bertz CT molecular complexity index is 1080. The Kier molecular flexibility index (Phi) is 6.50. The third kappa shape index (κ3) is 4.71. The summed E-state index contributed by atoms with van der Waals surface area (Å²) in [6, 6.07) is 5.35. The lowest BCUT2D eigenvalue weighted by atomic mass is 9.83. The number of nitrogens with zero attached hydrogens (tertiary/aromatic N) is 3. The number of aromatic amines is 1. The number of carbonyl (C=O) groups is 1. The summed E-state index contributed by atoms with van der Waals surface area (Å²) in [5.74, 6) is 0.299. The van der Waals surface area contributed by atoms with E-state index >= 15 is 0 Å². The number of unbranched alkanes of at least 4 members (excludes halogenated alkanes) is 2. The van der Waals surface area contributed by atoms with Crippen molar-refractivity contribution < 1.29 is 9.90 Å². The lowest BCUT2D eigenvalue weighted by Crippen LogP contribution is -2.49. The van der Waals surface area contributed by atoms with Gasteiger partial charge < -0.3 is 19.6 Å². The van der Waals surface area contributed by atoms with Crippen molar-refractivity contribution in [2.24, 2.45) is 5.92 Å². The number of hydrogen-bond acceptors (Lipinski definition) is 6. The minimum absolute atomic E-state index is 0.0236. The largest absolute Gasteiger partial charge is 0.493 e. The normalized spacial score (nSPS) is 19.8. The van der Waals surface area contributed by atoms with Gasteiger partial charge >= 0.3 is 0 Å². The maximum atomic E-state index is 12.8. The second-order valence-electron chi connectivity index (χ2n) is 8.42. The molecule has 0 saturated carbocycles. The number of amides is 1. The number of thioether (sulfide) groups is 1. The summed E-state index contributed by atoms with van der Waals surface area (Å²) in [7, 11) is 0. The first kappa shape index (κ1) is 21.7. The average Bonchev–Trinajstić information content (AvgIpc) is 2.74. The van der Waals surface area contributed by atoms with E-state index in [1.54, 1.807) is 12.1 Å². The fourth-order valence-corrected chi connectivity index (χ4v) is 5.39. The van der Waals surface area contributed by atoms with Crippen molar-refractivity contribution in [3.63, 3.8) is 0 Å².